The SMILES string of the molecule is CN(C)c1ccc(Nc2nc(NCc3cccnc3)cc(-c3ccccc3)n2)cc1. The van der Waals surface area contributed by atoms with Crippen molar-refractivity contribution in [3.8, 4) is 11.3 Å². The van der Waals surface area contributed by atoms with E-state index in [0.717, 1.165) is 34.0 Å². The quantitative estimate of drug-likeness (QED) is 0.460. The van der Waals surface area contributed by atoms with Gasteiger partial charge in [0.1, 0.15) is 5.82 Å². The standard InChI is InChI=1S/C24H24N6/c1-30(2)21-12-10-20(11-13-21)27-24-28-22(19-8-4-3-5-9-19)15-23(29-24)26-17-18-7-6-14-25-16-18/h3-16H,17H2,1-2H3,(H2,26,27,28,29). The number of rotatable bonds is 7. The lowest BCUT2D eigenvalue weighted by atomic mass is 10.1. The zero-order valence-corrected chi connectivity index (χ0v) is 17.1. The van der Waals surface area contributed by atoms with Crippen molar-refractivity contribution in [3.63, 3.8) is 0 Å². The minimum atomic E-state index is 0.544. The van der Waals surface area contributed by atoms with Gasteiger partial charge in [-0.15, -0.1) is 0 Å². The average Bonchev–Trinajstić information content (AvgIpc) is 2.79. The number of anilines is 4. The summed E-state index contributed by atoms with van der Waals surface area (Å²) in [6, 6.07) is 24.2. The molecule has 0 bridgehead atoms. The van der Waals surface area contributed by atoms with Crippen LogP contribution in [0.2, 0.25) is 0 Å². The number of pyridine rings is 1. The molecule has 0 aliphatic rings. The van der Waals surface area contributed by atoms with Crippen LogP contribution in [-0.4, -0.2) is 29.0 Å². The van der Waals surface area contributed by atoms with Gasteiger partial charge in [-0.05, 0) is 35.9 Å². The van der Waals surface area contributed by atoms with Gasteiger partial charge in [-0.3, -0.25) is 4.98 Å². The van der Waals surface area contributed by atoms with E-state index in [1.54, 1.807) is 6.20 Å². The summed E-state index contributed by atoms with van der Waals surface area (Å²) in [5.74, 6) is 1.29. The lowest BCUT2D eigenvalue weighted by Crippen LogP contribution is -2.08. The second-order valence-corrected chi connectivity index (χ2v) is 7.11. The molecule has 2 N–H and O–H groups in total. The van der Waals surface area contributed by atoms with Crippen LogP contribution >= 0.6 is 0 Å². The first-order valence-electron chi connectivity index (χ1n) is 9.79. The van der Waals surface area contributed by atoms with Gasteiger partial charge in [0.2, 0.25) is 5.95 Å². The highest BCUT2D eigenvalue weighted by Crippen LogP contribution is 2.24. The summed E-state index contributed by atoms with van der Waals surface area (Å²) in [5, 5.41) is 6.71. The van der Waals surface area contributed by atoms with Crippen LogP contribution < -0.4 is 15.5 Å². The Balaban J connectivity index is 1.61. The molecule has 30 heavy (non-hydrogen) atoms. The Hall–Kier alpha value is -3.93. The Morgan fingerprint density at radius 3 is 2.37 bits per heavy atom. The molecule has 0 unspecified atom stereocenters. The third kappa shape index (κ3) is 4.91. The van der Waals surface area contributed by atoms with E-state index in [4.69, 9.17) is 4.98 Å². The van der Waals surface area contributed by atoms with Crippen molar-refractivity contribution in [1.82, 2.24) is 15.0 Å². The molecular weight excluding hydrogens is 372 g/mol. The van der Waals surface area contributed by atoms with Crippen molar-refractivity contribution in [2.24, 2.45) is 0 Å². The second-order valence-electron chi connectivity index (χ2n) is 7.11. The molecular formula is C24H24N6. The highest BCUT2D eigenvalue weighted by Gasteiger charge is 2.08. The molecule has 2 aromatic heterocycles. The Morgan fingerprint density at radius 1 is 0.867 bits per heavy atom. The van der Waals surface area contributed by atoms with E-state index in [2.05, 4.69) is 37.6 Å². The van der Waals surface area contributed by atoms with Crippen LogP contribution in [0.15, 0.2) is 85.2 Å². The summed E-state index contributed by atoms with van der Waals surface area (Å²) in [4.78, 5) is 15.6. The second kappa shape index (κ2) is 9.05. The topological polar surface area (TPSA) is 66.0 Å². The Kier molecular flexibility index (Phi) is 5.85. The Morgan fingerprint density at radius 2 is 1.67 bits per heavy atom. The maximum absolute atomic E-state index is 4.73. The monoisotopic (exact) mass is 396 g/mol. The van der Waals surface area contributed by atoms with Gasteiger partial charge in [-0.1, -0.05) is 36.4 Å². The third-order valence-electron chi connectivity index (χ3n) is 4.63. The van der Waals surface area contributed by atoms with Crippen molar-refractivity contribution < 1.29 is 0 Å². The van der Waals surface area contributed by atoms with E-state index in [1.807, 2.05) is 81.0 Å². The number of nitrogens with zero attached hydrogens (tertiary/aromatic N) is 4. The van der Waals surface area contributed by atoms with Crippen LogP contribution in [0, 0.1) is 0 Å². The predicted molar refractivity (Wildman–Crippen MR) is 123 cm³/mol. The molecule has 4 aromatic rings. The van der Waals surface area contributed by atoms with Crippen LogP contribution in [0.5, 0.6) is 0 Å². The normalized spacial score (nSPS) is 10.5. The van der Waals surface area contributed by atoms with Crippen LogP contribution in [0.4, 0.5) is 23.1 Å². The van der Waals surface area contributed by atoms with E-state index in [-0.39, 0.29) is 0 Å². The Labute approximate surface area is 176 Å². The van der Waals surface area contributed by atoms with Gasteiger partial charge in [0, 0.05) is 56.0 Å². The highest BCUT2D eigenvalue weighted by atomic mass is 15.1. The first-order chi connectivity index (χ1) is 14.7. The summed E-state index contributed by atoms with van der Waals surface area (Å²) >= 11 is 0. The van der Waals surface area contributed by atoms with E-state index in [9.17, 15) is 0 Å². The molecule has 0 aliphatic carbocycles. The van der Waals surface area contributed by atoms with Gasteiger partial charge in [0.15, 0.2) is 0 Å². The minimum absolute atomic E-state index is 0.544. The molecule has 150 valence electrons. The van der Waals surface area contributed by atoms with Gasteiger partial charge in [-0.2, -0.15) is 4.98 Å². The fraction of sp³-hybridized carbons (Fsp3) is 0.125. The first-order valence-corrected chi connectivity index (χ1v) is 9.79. The molecule has 6 nitrogen and oxygen atoms in total. The molecule has 0 aliphatic heterocycles. The maximum Gasteiger partial charge on any atom is 0.229 e. The molecule has 2 heterocycles. The van der Waals surface area contributed by atoms with Crippen LogP contribution in [0.25, 0.3) is 11.3 Å². The molecule has 0 fully saturated rings. The summed E-state index contributed by atoms with van der Waals surface area (Å²) in [5.41, 5.74) is 5.05. The number of hydrogen-bond acceptors (Lipinski definition) is 6. The third-order valence-corrected chi connectivity index (χ3v) is 4.63. The van der Waals surface area contributed by atoms with Crippen molar-refractivity contribution in [3.05, 3.63) is 90.8 Å². The summed E-state index contributed by atoms with van der Waals surface area (Å²) in [7, 11) is 4.05. The Bertz CT molecular complexity index is 1080. The molecule has 6 heteroatoms. The molecule has 0 radical (unpaired) electrons. The molecule has 0 amide bonds. The smallest absolute Gasteiger partial charge is 0.229 e. The van der Waals surface area contributed by atoms with Gasteiger partial charge in [0.25, 0.3) is 0 Å². The molecule has 2 aromatic carbocycles. The van der Waals surface area contributed by atoms with Crippen LogP contribution in [0.3, 0.4) is 0 Å². The average molecular weight is 396 g/mol. The van der Waals surface area contributed by atoms with Gasteiger partial charge < -0.3 is 15.5 Å². The predicted octanol–water partition coefficient (Wildman–Crippen LogP) is 4.96. The lowest BCUT2D eigenvalue weighted by Gasteiger charge is -2.14. The molecule has 0 saturated heterocycles. The van der Waals surface area contributed by atoms with E-state index in [0.29, 0.717) is 12.5 Å². The number of nitrogens with one attached hydrogen (secondary N) is 2. The van der Waals surface area contributed by atoms with Gasteiger partial charge >= 0.3 is 0 Å². The minimum Gasteiger partial charge on any atom is -0.378 e. The molecule has 0 saturated carbocycles. The first kappa shape index (κ1) is 19.4. The number of aromatic nitrogens is 3. The van der Waals surface area contributed by atoms with Crippen molar-refractivity contribution in [1.29, 1.82) is 0 Å². The van der Waals surface area contributed by atoms with Crippen molar-refractivity contribution >= 4 is 23.1 Å². The van der Waals surface area contributed by atoms with E-state index < -0.39 is 0 Å². The zero-order chi connectivity index (χ0) is 20.8. The lowest BCUT2D eigenvalue weighted by molar-refractivity contribution is 1.07. The van der Waals surface area contributed by atoms with Gasteiger partial charge in [0.05, 0.1) is 5.69 Å². The largest absolute Gasteiger partial charge is 0.378 e. The number of hydrogen-bond donors (Lipinski definition) is 2. The van der Waals surface area contributed by atoms with Crippen LogP contribution in [0.1, 0.15) is 5.56 Å². The molecule has 4 rings (SSSR count). The van der Waals surface area contributed by atoms with E-state index >= 15 is 0 Å². The highest BCUT2D eigenvalue weighted by molar-refractivity contribution is 5.66. The van der Waals surface area contributed by atoms with Crippen molar-refractivity contribution in [2.45, 2.75) is 6.54 Å². The fourth-order valence-corrected chi connectivity index (χ4v) is 3.02. The fourth-order valence-electron chi connectivity index (χ4n) is 3.02. The van der Waals surface area contributed by atoms with Crippen molar-refractivity contribution in [2.75, 3.05) is 29.6 Å². The summed E-state index contributed by atoms with van der Waals surface area (Å²) in [6.07, 6.45) is 3.61. The van der Waals surface area contributed by atoms with E-state index in [1.165, 1.54) is 0 Å². The molecule has 0 atom stereocenters. The summed E-state index contributed by atoms with van der Waals surface area (Å²) < 4.78 is 0. The number of benzene rings is 2. The molecule has 0 spiro atoms. The summed E-state index contributed by atoms with van der Waals surface area (Å²) in [6.45, 7) is 0.635. The van der Waals surface area contributed by atoms with Gasteiger partial charge in [-0.25, -0.2) is 4.98 Å². The maximum atomic E-state index is 4.73. The zero-order valence-electron chi connectivity index (χ0n) is 17.1. The van der Waals surface area contributed by atoms with Crippen LogP contribution in [-0.2, 0) is 6.54 Å².